The van der Waals surface area contributed by atoms with Crippen molar-refractivity contribution >= 4 is 17.5 Å². The van der Waals surface area contributed by atoms with Gasteiger partial charge in [-0.05, 0) is 29.8 Å². The highest BCUT2D eigenvalue weighted by molar-refractivity contribution is 6.30. The van der Waals surface area contributed by atoms with Crippen LogP contribution in [-0.4, -0.2) is 32.9 Å². The Kier molecular flexibility index (Phi) is 5.68. The van der Waals surface area contributed by atoms with Gasteiger partial charge in [-0.2, -0.15) is 4.98 Å². The highest BCUT2D eigenvalue weighted by Crippen LogP contribution is 2.30. The Bertz CT molecular complexity index is 960. The van der Waals surface area contributed by atoms with Gasteiger partial charge in [-0.1, -0.05) is 28.9 Å². The number of aromatic hydroxyl groups is 1. The van der Waals surface area contributed by atoms with Crippen LogP contribution in [0.25, 0.3) is 11.4 Å². The molecular formula is C18H15ClFN3O4. The molecule has 1 amide bonds. The van der Waals surface area contributed by atoms with Gasteiger partial charge in [0.1, 0.15) is 11.6 Å². The summed E-state index contributed by atoms with van der Waals surface area (Å²) in [5.74, 6) is -1.78. The third-order valence-corrected chi connectivity index (χ3v) is 3.98. The summed E-state index contributed by atoms with van der Waals surface area (Å²) in [6, 6.07) is 8.80. The molecule has 27 heavy (non-hydrogen) atoms. The highest BCUT2D eigenvalue weighted by atomic mass is 35.5. The zero-order chi connectivity index (χ0) is 19.4. The number of phenolic OH excluding ortho intramolecular Hbond substituents is 1. The monoisotopic (exact) mass is 391 g/mol. The number of phenols is 1. The molecular weight excluding hydrogens is 377 g/mol. The van der Waals surface area contributed by atoms with Crippen molar-refractivity contribution in [1.82, 2.24) is 15.5 Å². The van der Waals surface area contributed by atoms with E-state index in [4.69, 9.17) is 21.2 Å². The number of nitrogens with zero attached hydrogens (tertiary/aromatic N) is 2. The molecule has 0 aliphatic rings. The molecule has 3 aromatic rings. The van der Waals surface area contributed by atoms with E-state index in [9.17, 15) is 14.3 Å². The molecule has 3 N–H and O–H groups in total. The molecule has 0 aliphatic carbocycles. The normalized spacial score (nSPS) is 10.8. The minimum Gasteiger partial charge on any atom is -0.507 e. The quantitative estimate of drug-likeness (QED) is 0.596. The lowest BCUT2D eigenvalue weighted by Crippen LogP contribution is -2.23. The van der Waals surface area contributed by atoms with Crippen LogP contribution < -0.4 is 5.32 Å². The van der Waals surface area contributed by atoms with Crippen molar-refractivity contribution in [2.45, 2.75) is 13.0 Å². The van der Waals surface area contributed by atoms with Gasteiger partial charge in [0.05, 0.1) is 24.2 Å². The number of carbonyl (C=O) groups excluding carboxylic acids is 1. The van der Waals surface area contributed by atoms with Crippen molar-refractivity contribution in [1.29, 1.82) is 0 Å². The third kappa shape index (κ3) is 4.42. The van der Waals surface area contributed by atoms with Crippen LogP contribution in [0.15, 0.2) is 40.9 Å². The van der Waals surface area contributed by atoms with E-state index in [-0.39, 0.29) is 48.2 Å². The number of benzene rings is 2. The molecule has 0 saturated carbocycles. The number of carbonyl (C=O) groups is 1. The van der Waals surface area contributed by atoms with Crippen LogP contribution in [0.2, 0.25) is 5.02 Å². The number of aromatic nitrogens is 2. The number of aliphatic hydroxyl groups is 1. The molecule has 0 radical (unpaired) electrons. The maximum absolute atomic E-state index is 14.4. The highest BCUT2D eigenvalue weighted by Gasteiger charge is 2.19. The lowest BCUT2D eigenvalue weighted by atomic mass is 10.1. The predicted molar refractivity (Wildman–Crippen MR) is 94.8 cm³/mol. The van der Waals surface area contributed by atoms with Gasteiger partial charge in [0.2, 0.25) is 11.7 Å². The van der Waals surface area contributed by atoms with E-state index in [0.717, 1.165) is 17.7 Å². The van der Waals surface area contributed by atoms with Crippen molar-refractivity contribution in [3.63, 3.8) is 0 Å². The average molecular weight is 392 g/mol. The van der Waals surface area contributed by atoms with E-state index in [1.54, 1.807) is 24.3 Å². The van der Waals surface area contributed by atoms with Gasteiger partial charge in [0.15, 0.2) is 0 Å². The van der Waals surface area contributed by atoms with E-state index in [2.05, 4.69) is 15.5 Å². The number of hydrogen-bond acceptors (Lipinski definition) is 6. The molecule has 1 heterocycles. The standard InChI is InChI=1S/C18H15ClFN3O4/c19-11-3-1-10(2-4-11)9-21-18(26)12-8-15(25)13(7-14(12)20)17-22-16(5-6-24)27-23-17/h1-4,7-8,24-25H,5-6,9H2,(H,21,26). The number of amides is 1. The first kappa shape index (κ1) is 18.8. The smallest absolute Gasteiger partial charge is 0.254 e. The molecule has 1 aromatic heterocycles. The van der Waals surface area contributed by atoms with Crippen molar-refractivity contribution in [2.24, 2.45) is 0 Å². The van der Waals surface area contributed by atoms with Gasteiger partial charge in [-0.25, -0.2) is 4.39 Å². The van der Waals surface area contributed by atoms with Crippen molar-refractivity contribution < 1.29 is 23.9 Å². The van der Waals surface area contributed by atoms with Crippen LogP contribution in [0.3, 0.4) is 0 Å². The first-order valence-electron chi connectivity index (χ1n) is 7.97. The molecule has 0 spiro atoms. The second kappa shape index (κ2) is 8.15. The summed E-state index contributed by atoms with van der Waals surface area (Å²) < 4.78 is 19.3. The first-order valence-corrected chi connectivity index (χ1v) is 8.34. The van der Waals surface area contributed by atoms with Gasteiger partial charge >= 0.3 is 0 Å². The fourth-order valence-corrected chi connectivity index (χ4v) is 2.48. The van der Waals surface area contributed by atoms with Gasteiger partial charge in [-0.3, -0.25) is 4.79 Å². The molecule has 3 rings (SSSR count). The summed E-state index contributed by atoms with van der Waals surface area (Å²) in [6.07, 6.45) is 0.140. The topological polar surface area (TPSA) is 108 Å². The lowest BCUT2D eigenvalue weighted by Gasteiger charge is -2.08. The van der Waals surface area contributed by atoms with Gasteiger partial charge in [-0.15, -0.1) is 0 Å². The summed E-state index contributed by atoms with van der Waals surface area (Å²) in [6.45, 7) is -0.0119. The zero-order valence-corrected chi connectivity index (χ0v) is 14.7. The fraction of sp³-hybridized carbons (Fsp3) is 0.167. The molecule has 0 bridgehead atoms. The minimum atomic E-state index is -0.843. The maximum Gasteiger partial charge on any atom is 0.254 e. The van der Waals surface area contributed by atoms with E-state index in [0.29, 0.717) is 5.02 Å². The molecule has 140 valence electrons. The molecule has 2 aromatic carbocycles. The van der Waals surface area contributed by atoms with Crippen molar-refractivity contribution in [2.75, 3.05) is 6.61 Å². The predicted octanol–water partition coefficient (Wildman–Crippen LogP) is 2.70. The summed E-state index contributed by atoms with van der Waals surface area (Å²) in [7, 11) is 0. The zero-order valence-electron chi connectivity index (χ0n) is 13.9. The molecule has 0 atom stereocenters. The third-order valence-electron chi connectivity index (χ3n) is 3.73. The van der Waals surface area contributed by atoms with E-state index >= 15 is 0 Å². The Morgan fingerprint density at radius 1 is 1.26 bits per heavy atom. The number of nitrogens with one attached hydrogen (secondary N) is 1. The fourth-order valence-electron chi connectivity index (χ4n) is 2.36. The molecule has 9 heteroatoms. The minimum absolute atomic E-state index is 0.0188. The molecule has 0 unspecified atom stereocenters. The Morgan fingerprint density at radius 2 is 2.00 bits per heavy atom. The van der Waals surface area contributed by atoms with Gasteiger partial charge in [0.25, 0.3) is 5.91 Å². The van der Waals surface area contributed by atoms with Crippen LogP contribution in [0.1, 0.15) is 21.8 Å². The molecule has 0 fully saturated rings. The van der Waals surface area contributed by atoms with Crippen LogP contribution in [0.5, 0.6) is 5.75 Å². The summed E-state index contributed by atoms with van der Waals surface area (Å²) in [5.41, 5.74) is 0.455. The van der Waals surface area contributed by atoms with Crippen LogP contribution in [0.4, 0.5) is 4.39 Å². The van der Waals surface area contributed by atoms with Crippen molar-refractivity contribution in [3.8, 4) is 17.1 Å². The largest absolute Gasteiger partial charge is 0.507 e. The number of halogens is 2. The summed E-state index contributed by atoms with van der Waals surface area (Å²) in [4.78, 5) is 16.2. The molecule has 0 saturated heterocycles. The van der Waals surface area contributed by atoms with E-state index < -0.39 is 11.7 Å². The number of aliphatic hydroxyl groups excluding tert-OH is 1. The summed E-state index contributed by atoms with van der Waals surface area (Å²) >= 11 is 5.80. The van der Waals surface area contributed by atoms with Gasteiger partial charge < -0.3 is 20.1 Å². The Hall–Kier alpha value is -2.97. The lowest BCUT2D eigenvalue weighted by molar-refractivity contribution is 0.0946. The molecule has 0 aliphatic heterocycles. The SMILES string of the molecule is O=C(NCc1ccc(Cl)cc1)c1cc(O)c(-c2noc(CCO)n2)cc1F. The van der Waals surface area contributed by atoms with E-state index in [1.165, 1.54) is 0 Å². The van der Waals surface area contributed by atoms with Crippen molar-refractivity contribution in [3.05, 3.63) is 64.3 Å². The van der Waals surface area contributed by atoms with Crippen LogP contribution >= 0.6 is 11.6 Å². The average Bonchev–Trinajstić information content (AvgIpc) is 3.11. The van der Waals surface area contributed by atoms with Crippen LogP contribution in [0, 0.1) is 5.82 Å². The van der Waals surface area contributed by atoms with Gasteiger partial charge in [0, 0.05) is 11.6 Å². The first-order chi connectivity index (χ1) is 13.0. The Balaban J connectivity index is 1.76. The van der Waals surface area contributed by atoms with Crippen LogP contribution in [-0.2, 0) is 13.0 Å². The van der Waals surface area contributed by atoms with E-state index in [1.807, 2.05) is 0 Å². The Labute approximate surface area is 158 Å². The molecule has 7 nitrogen and oxygen atoms in total. The second-order valence-corrected chi connectivity index (χ2v) is 6.08. The number of rotatable bonds is 6. The second-order valence-electron chi connectivity index (χ2n) is 5.64. The maximum atomic E-state index is 14.4. The number of hydrogen-bond donors (Lipinski definition) is 3. The summed E-state index contributed by atoms with van der Waals surface area (Å²) in [5, 5.41) is 25.8. The Morgan fingerprint density at radius 3 is 2.70 bits per heavy atom.